The van der Waals surface area contributed by atoms with Gasteiger partial charge in [0, 0.05) is 40.0 Å². The molecule has 3 rings (SSSR count). The maximum atomic E-state index is 13.8. The summed E-state index contributed by atoms with van der Waals surface area (Å²) >= 11 is 0. The maximum absolute atomic E-state index is 13.8. The second-order valence-electron chi connectivity index (χ2n) is 12.8. The number of benzene rings is 2. The Kier molecular flexibility index (Phi) is 12.8. The first-order valence-electron chi connectivity index (χ1n) is 14.6. The largest absolute Gasteiger partial charge is 0.530 e. The van der Waals surface area contributed by atoms with E-state index in [0.29, 0.717) is 11.4 Å². The number of hydrogen-bond donors (Lipinski definition) is 1. The molecule has 0 fully saturated rings. The number of pyridine rings is 1. The lowest BCUT2D eigenvalue weighted by Crippen LogP contribution is -2.23. The van der Waals surface area contributed by atoms with E-state index in [1.807, 2.05) is 36.4 Å². The standard InChI is InChI=1S/C31H42N3O8PSi2/c1-44(2,3)21-19-40-43(38,41-20-22-45(4,5)6)42-30-17-15-27(34(36)37)23-26(30)24-39-31(35)33-29-13-10-18-32-28(29)16-14-25-11-8-7-9-12-25/h7-18,23H,19-22,24H2,1-6H3,(H,33,35). The molecule has 1 aromatic heterocycles. The molecule has 0 atom stereocenters. The summed E-state index contributed by atoms with van der Waals surface area (Å²) in [5, 5.41) is 14.2. The van der Waals surface area contributed by atoms with Crippen LogP contribution in [-0.4, -0.2) is 45.4 Å². The first-order valence-corrected chi connectivity index (χ1v) is 23.5. The van der Waals surface area contributed by atoms with E-state index >= 15 is 0 Å². The van der Waals surface area contributed by atoms with E-state index < -0.39 is 41.6 Å². The van der Waals surface area contributed by atoms with E-state index in [0.717, 1.165) is 17.7 Å². The van der Waals surface area contributed by atoms with Gasteiger partial charge in [0.05, 0.1) is 29.5 Å². The number of ether oxygens (including phenoxy) is 1. The zero-order chi connectivity index (χ0) is 33.1. The molecule has 0 saturated carbocycles. The summed E-state index contributed by atoms with van der Waals surface area (Å²) in [7, 11) is -7.17. The van der Waals surface area contributed by atoms with Crippen LogP contribution < -0.4 is 9.84 Å². The van der Waals surface area contributed by atoms with Crippen molar-refractivity contribution in [2.24, 2.45) is 0 Å². The van der Waals surface area contributed by atoms with Crippen LogP contribution in [0.4, 0.5) is 16.2 Å². The van der Waals surface area contributed by atoms with E-state index in [9.17, 15) is 19.5 Å². The van der Waals surface area contributed by atoms with Gasteiger partial charge in [0.25, 0.3) is 5.69 Å². The van der Waals surface area contributed by atoms with Gasteiger partial charge in [0.1, 0.15) is 12.4 Å². The van der Waals surface area contributed by atoms with Gasteiger partial charge in [-0.2, -0.15) is 0 Å². The lowest BCUT2D eigenvalue weighted by molar-refractivity contribution is -0.385. The van der Waals surface area contributed by atoms with Crippen LogP contribution in [0.2, 0.25) is 51.4 Å². The number of nitrogens with zero attached hydrogens (tertiary/aromatic N) is 2. The highest BCUT2D eigenvalue weighted by atomic mass is 31.2. The molecule has 1 heterocycles. The van der Waals surface area contributed by atoms with Crippen molar-refractivity contribution < 1.29 is 32.6 Å². The molecule has 0 spiro atoms. The van der Waals surface area contributed by atoms with Gasteiger partial charge in [-0.05, 0) is 41.9 Å². The van der Waals surface area contributed by atoms with E-state index in [1.165, 1.54) is 18.2 Å². The predicted octanol–water partition coefficient (Wildman–Crippen LogP) is 9.11. The van der Waals surface area contributed by atoms with Crippen molar-refractivity contribution in [2.45, 2.75) is 58.0 Å². The zero-order valence-electron chi connectivity index (χ0n) is 26.6. The number of phosphoric acid groups is 1. The molecule has 11 nitrogen and oxygen atoms in total. The maximum Gasteiger partial charge on any atom is 0.530 e. The van der Waals surface area contributed by atoms with Crippen LogP contribution in [-0.2, 0) is 25.0 Å². The number of anilines is 1. The number of hydrogen-bond acceptors (Lipinski definition) is 9. The van der Waals surface area contributed by atoms with Crippen LogP contribution in [0.1, 0.15) is 16.8 Å². The smallest absolute Gasteiger partial charge is 0.444 e. The lowest BCUT2D eigenvalue weighted by Gasteiger charge is -2.23. The normalized spacial score (nSPS) is 12.2. The van der Waals surface area contributed by atoms with E-state index in [2.05, 4.69) is 49.6 Å². The molecule has 1 N–H and O–H groups in total. The van der Waals surface area contributed by atoms with Crippen molar-refractivity contribution in [3.8, 4) is 5.75 Å². The van der Waals surface area contributed by atoms with Gasteiger partial charge >= 0.3 is 13.9 Å². The molecule has 0 aliphatic carbocycles. The molecule has 0 radical (unpaired) electrons. The van der Waals surface area contributed by atoms with Crippen LogP contribution in [0.3, 0.4) is 0 Å². The van der Waals surface area contributed by atoms with Crippen molar-refractivity contribution in [3.05, 3.63) is 93.8 Å². The summed E-state index contributed by atoms with van der Waals surface area (Å²) in [4.78, 5) is 28.1. The van der Waals surface area contributed by atoms with Crippen LogP contribution in [0.15, 0.2) is 66.9 Å². The summed E-state index contributed by atoms with van der Waals surface area (Å²) in [5.41, 5.74) is 1.74. The lowest BCUT2D eigenvalue weighted by atomic mass is 10.2. The summed E-state index contributed by atoms with van der Waals surface area (Å²) in [6, 6.07) is 18.1. The summed E-state index contributed by atoms with van der Waals surface area (Å²) in [5.74, 6) is -0.00870. The van der Waals surface area contributed by atoms with Gasteiger partial charge in [-0.25, -0.2) is 9.36 Å². The zero-order valence-corrected chi connectivity index (χ0v) is 29.5. The SMILES string of the molecule is C[Si](C)(C)CCOP(=O)(OCC[Si](C)(C)C)Oc1ccc([N+](=O)[O-])cc1COC(=O)Nc1cccnc1C=Cc1ccccc1. The quantitative estimate of drug-likeness (QED) is 0.0683. The monoisotopic (exact) mass is 671 g/mol. The predicted molar refractivity (Wildman–Crippen MR) is 183 cm³/mol. The highest BCUT2D eigenvalue weighted by Crippen LogP contribution is 2.51. The Balaban J connectivity index is 1.78. The fraction of sp³-hybridized carbons (Fsp3) is 0.355. The van der Waals surface area contributed by atoms with Crippen LogP contribution in [0.25, 0.3) is 12.2 Å². The van der Waals surface area contributed by atoms with Gasteiger partial charge in [0.2, 0.25) is 0 Å². The van der Waals surface area contributed by atoms with Crippen LogP contribution in [0, 0.1) is 10.1 Å². The van der Waals surface area contributed by atoms with Crippen molar-refractivity contribution in [2.75, 3.05) is 18.5 Å². The second kappa shape index (κ2) is 16.1. The average molecular weight is 672 g/mol. The first kappa shape index (κ1) is 35.9. The Bertz CT molecular complexity index is 1500. The minimum absolute atomic E-state index is 0.00870. The highest BCUT2D eigenvalue weighted by molar-refractivity contribution is 7.49. The van der Waals surface area contributed by atoms with Crippen molar-refractivity contribution in [1.82, 2.24) is 4.98 Å². The molecule has 45 heavy (non-hydrogen) atoms. The Hall–Kier alpha value is -3.62. The van der Waals surface area contributed by atoms with Crippen molar-refractivity contribution in [3.63, 3.8) is 0 Å². The Labute approximate surface area is 266 Å². The third-order valence-corrected chi connectivity index (χ3v) is 11.2. The summed E-state index contributed by atoms with van der Waals surface area (Å²) < 4.78 is 36.5. The minimum Gasteiger partial charge on any atom is -0.444 e. The molecule has 0 bridgehead atoms. The van der Waals surface area contributed by atoms with E-state index in [1.54, 1.807) is 24.4 Å². The first-order chi connectivity index (χ1) is 21.1. The van der Waals surface area contributed by atoms with E-state index in [-0.39, 0.29) is 30.2 Å². The third kappa shape index (κ3) is 13.1. The molecule has 14 heteroatoms. The van der Waals surface area contributed by atoms with Crippen LogP contribution >= 0.6 is 7.82 Å². The topological polar surface area (TPSA) is 139 Å². The average Bonchev–Trinajstić information content (AvgIpc) is 2.95. The summed E-state index contributed by atoms with van der Waals surface area (Å²) in [6.07, 6.45) is 4.40. The fourth-order valence-corrected chi connectivity index (χ4v) is 6.70. The molecular formula is C31H42N3O8PSi2. The number of carbonyl (C=O) groups excluding carboxylic acids is 1. The number of nitro benzene ring substituents is 1. The summed E-state index contributed by atoms with van der Waals surface area (Å²) in [6.45, 7) is 12.9. The molecule has 2 aromatic carbocycles. The number of nitro groups is 1. The van der Waals surface area contributed by atoms with Crippen molar-refractivity contribution in [1.29, 1.82) is 0 Å². The van der Waals surface area contributed by atoms with Gasteiger partial charge < -0.3 is 9.26 Å². The molecule has 1 amide bonds. The number of carbonyl (C=O) groups is 1. The number of non-ortho nitro benzene ring substituents is 1. The molecule has 0 saturated heterocycles. The fourth-order valence-electron chi connectivity index (χ4n) is 3.70. The van der Waals surface area contributed by atoms with Crippen LogP contribution in [0.5, 0.6) is 5.75 Å². The molecular weight excluding hydrogens is 630 g/mol. The Morgan fingerprint density at radius 1 is 0.933 bits per heavy atom. The van der Waals surface area contributed by atoms with Gasteiger partial charge in [0.15, 0.2) is 0 Å². The number of nitrogens with one attached hydrogen (secondary N) is 1. The molecule has 242 valence electrons. The van der Waals surface area contributed by atoms with Gasteiger partial charge in [-0.15, -0.1) is 0 Å². The molecule has 0 unspecified atom stereocenters. The molecule has 0 aliphatic rings. The van der Waals surface area contributed by atoms with Gasteiger partial charge in [-0.1, -0.05) is 75.7 Å². The highest BCUT2D eigenvalue weighted by Gasteiger charge is 2.32. The number of aromatic nitrogens is 1. The molecule has 3 aromatic rings. The van der Waals surface area contributed by atoms with Gasteiger partial charge in [-0.3, -0.25) is 29.5 Å². The second-order valence-corrected chi connectivity index (χ2v) is 25.6. The third-order valence-electron chi connectivity index (χ3n) is 6.34. The Morgan fingerprint density at radius 2 is 1.58 bits per heavy atom. The molecule has 0 aliphatic heterocycles. The number of phosphoric ester groups is 1. The Morgan fingerprint density at radius 3 is 2.18 bits per heavy atom. The van der Waals surface area contributed by atoms with Crippen molar-refractivity contribution >= 4 is 53.6 Å². The van der Waals surface area contributed by atoms with E-state index in [4.69, 9.17) is 18.3 Å². The minimum atomic E-state index is -4.12. The number of rotatable bonds is 16. The number of amides is 1.